The van der Waals surface area contributed by atoms with E-state index >= 15 is 0 Å². The summed E-state index contributed by atoms with van der Waals surface area (Å²) in [4.78, 5) is 11.8. The molecule has 1 amide bonds. The van der Waals surface area contributed by atoms with E-state index in [1.807, 2.05) is 0 Å². The maximum absolute atomic E-state index is 11.8. The van der Waals surface area contributed by atoms with Crippen LogP contribution in [0.25, 0.3) is 0 Å². The van der Waals surface area contributed by atoms with Crippen LogP contribution in [0.3, 0.4) is 0 Å². The predicted octanol–water partition coefficient (Wildman–Crippen LogP) is 2.29. The number of carbonyl (C=O) groups excluding carboxylic acids is 1. The summed E-state index contributed by atoms with van der Waals surface area (Å²) in [5.74, 6) is 0.0633. The zero-order chi connectivity index (χ0) is 12.4. The molecule has 0 aliphatic heterocycles. The van der Waals surface area contributed by atoms with Crippen molar-refractivity contribution in [1.82, 2.24) is 10.6 Å². The van der Waals surface area contributed by atoms with E-state index in [0.717, 1.165) is 6.54 Å². The fourth-order valence-electron chi connectivity index (χ4n) is 1.53. The molecular formula is C13H25ClN2O. The van der Waals surface area contributed by atoms with E-state index in [9.17, 15) is 4.79 Å². The van der Waals surface area contributed by atoms with Crippen molar-refractivity contribution in [1.29, 1.82) is 0 Å². The van der Waals surface area contributed by atoms with Gasteiger partial charge in [-0.05, 0) is 26.3 Å². The Labute approximate surface area is 111 Å². The average molecular weight is 261 g/mol. The molecule has 0 unspecified atom stereocenters. The van der Waals surface area contributed by atoms with Crippen LogP contribution in [0.5, 0.6) is 0 Å². The quantitative estimate of drug-likeness (QED) is 0.625. The van der Waals surface area contributed by atoms with Crippen LogP contribution in [0.15, 0.2) is 25.3 Å². The van der Waals surface area contributed by atoms with Gasteiger partial charge in [-0.15, -0.1) is 25.6 Å². The smallest absolute Gasteiger partial charge is 0.223 e. The number of rotatable bonds is 9. The summed E-state index contributed by atoms with van der Waals surface area (Å²) in [7, 11) is 0. The van der Waals surface area contributed by atoms with E-state index in [1.54, 1.807) is 12.2 Å². The Hall–Kier alpha value is -0.800. The van der Waals surface area contributed by atoms with Gasteiger partial charge < -0.3 is 10.6 Å². The van der Waals surface area contributed by atoms with Gasteiger partial charge in [-0.25, -0.2) is 0 Å². The zero-order valence-electron chi connectivity index (χ0n) is 10.9. The van der Waals surface area contributed by atoms with Crippen LogP contribution in [0.4, 0.5) is 0 Å². The van der Waals surface area contributed by atoms with Gasteiger partial charge in [0.15, 0.2) is 0 Å². The molecular weight excluding hydrogens is 236 g/mol. The van der Waals surface area contributed by atoms with Crippen molar-refractivity contribution in [3.8, 4) is 0 Å². The third-order valence-electron chi connectivity index (χ3n) is 2.41. The number of hydrogen-bond donors (Lipinski definition) is 2. The average Bonchev–Trinajstić information content (AvgIpc) is 2.26. The topological polar surface area (TPSA) is 41.1 Å². The number of amides is 1. The lowest BCUT2D eigenvalue weighted by Gasteiger charge is -2.17. The van der Waals surface area contributed by atoms with Gasteiger partial charge in [-0.3, -0.25) is 4.79 Å². The first-order valence-electron chi connectivity index (χ1n) is 5.88. The molecule has 0 heterocycles. The van der Waals surface area contributed by atoms with Crippen LogP contribution in [0.1, 0.15) is 26.7 Å². The SMILES string of the molecule is C=CCC(CC=C)C(=O)NC[C@@H](C)NCC.Cl. The molecule has 0 saturated carbocycles. The second-order valence-electron chi connectivity index (χ2n) is 3.95. The summed E-state index contributed by atoms with van der Waals surface area (Å²) < 4.78 is 0. The lowest BCUT2D eigenvalue weighted by Crippen LogP contribution is -2.41. The summed E-state index contributed by atoms with van der Waals surface area (Å²) in [6.45, 7) is 13.0. The summed E-state index contributed by atoms with van der Waals surface area (Å²) >= 11 is 0. The zero-order valence-corrected chi connectivity index (χ0v) is 11.7. The van der Waals surface area contributed by atoms with Gasteiger partial charge in [0.25, 0.3) is 0 Å². The number of hydrogen-bond acceptors (Lipinski definition) is 2. The van der Waals surface area contributed by atoms with Gasteiger partial charge in [0.2, 0.25) is 5.91 Å². The van der Waals surface area contributed by atoms with Crippen molar-refractivity contribution < 1.29 is 4.79 Å². The highest BCUT2D eigenvalue weighted by Crippen LogP contribution is 2.09. The van der Waals surface area contributed by atoms with E-state index in [4.69, 9.17) is 0 Å². The molecule has 0 saturated heterocycles. The van der Waals surface area contributed by atoms with Crippen LogP contribution >= 0.6 is 12.4 Å². The van der Waals surface area contributed by atoms with Crippen LogP contribution in [0, 0.1) is 5.92 Å². The minimum atomic E-state index is -0.0242. The van der Waals surface area contributed by atoms with Crippen molar-refractivity contribution >= 4 is 18.3 Å². The van der Waals surface area contributed by atoms with Crippen LogP contribution < -0.4 is 10.6 Å². The molecule has 100 valence electrons. The molecule has 0 spiro atoms. The van der Waals surface area contributed by atoms with Gasteiger partial charge in [-0.1, -0.05) is 19.1 Å². The number of allylic oxidation sites excluding steroid dienone is 2. The Kier molecular flexibility index (Phi) is 12.8. The summed E-state index contributed by atoms with van der Waals surface area (Å²) in [5, 5.41) is 6.19. The Morgan fingerprint density at radius 1 is 1.29 bits per heavy atom. The van der Waals surface area contributed by atoms with Crippen LogP contribution in [-0.4, -0.2) is 25.0 Å². The molecule has 0 aromatic rings. The third-order valence-corrected chi connectivity index (χ3v) is 2.41. The number of carbonyl (C=O) groups is 1. The molecule has 3 nitrogen and oxygen atoms in total. The van der Waals surface area contributed by atoms with E-state index in [0.29, 0.717) is 25.4 Å². The highest BCUT2D eigenvalue weighted by molar-refractivity contribution is 5.85. The number of halogens is 1. The largest absolute Gasteiger partial charge is 0.354 e. The number of likely N-dealkylation sites (N-methyl/N-ethyl adjacent to an activating group) is 1. The first kappa shape index (κ1) is 18.6. The standard InChI is InChI=1S/C13H24N2O.ClH/c1-5-8-12(9-6-2)13(16)15-10-11(4)14-7-3;/h5-6,11-12,14H,1-2,7-10H2,3-4H3,(H,15,16);1H/t11-;/m1./s1. The third kappa shape index (κ3) is 8.95. The molecule has 0 aliphatic carbocycles. The fraction of sp³-hybridized carbons (Fsp3) is 0.615. The summed E-state index contributed by atoms with van der Waals surface area (Å²) in [6, 6.07) is 0.307. The minimum absolute atomic E-state index is 0. The van der Waals surface area contributed by atoms with Crippen LogP contribution in [-0.2, 0) is 4.79 Å². The maximum atomic E-state index is 11.8. The summed E-state index contributed by atoms with van der Waals surface area (Å²) in [5.41, 5.74) is 0. The first-order valence-corrected chi connectivity index (χ1v) is 5.88. The molecule has 0 radical (unpaired) electrons. The monoisotopic (exact) mass is 260 g/mol. The van der Waals surface area contributed by atoms with Crippen molar-refractivity contribution in [2.24, 2.45) is 5.92 Å². The Bertz CT molecular complexity index is 221. The molecule has 0 bridgehead atoms. The van der Waals surface area contributed by atoms with Gasteiger partial charge in [-0.2, -0.15) is 0 Å². The first-order chi connectivity index (χ1) is 7.65. The normalized spacial score (nSPS) is 11.5. The van der Waals surface area contributed by atoms with Crippen molar-refractivity contribution in [2.75, 3.05) is 13.1 Å². The van der Waals surface area contributed by atoms with Gasteiger partial charge in [0, 0.05) is 18.5 Å². The van der Waals surface area contributed by atoms with Crippen molar-refractivity contribution in [3.63, 3.8) is 0 Å². The molecule has 4 heteroatoms. The molecule has 1 atom stereocenters. The van der Waals surface area contributed by atoms with Crippen molar-refractivity contribution in [3.05, 3.63) is 25.3 Å². The molecule has 2 N–H and O–H groups in total. The predicted molar refractivity (Wildman–Crippen MR) is 76.5 cm³/mol. The van der Waals surface area contributed by atoms with E-state index in [2.05, 4.69) is 37.6 Å². The maximum Gasteiger partial charge on any atom is 0.223 e. The minimum Gasteiger partial charge on any atom is -0.354 e. The molecule has 0 aromatic heterocycles. The van der Waals surface area contributed by atoms with E-state index in [-0.39, 0.29) is 24.2 Å². The fourth-order valence-corrected chi connectivity index (χ4v) is 1.53. The van der Waals surface area contributed by atoms with E-state index in [1.165, 1.54) is 0 Å². The highest BCUT2D eigenvalue weighted by Gasteiger charge is 2.15. The molecule has 0 aromatic carbocycles. The molecule has 0 rings (SSSR count). The lowest BCUT2D eigenvalue weighted by molar-refractivity contribution is -0.124. The molecule has 17 heavy (non-hydrogen) atoms. The Morgan fingerprint density at radius 2 is 1.82 bits per heavy atom. The second kappa shape index (κ2) is 11.7. The van der Waals surface area contributed by atoms with Gasteiger partial charge in [0.1, 0.15) is 0 Å². The lowest BCUT2D eigenvalue weighted by atomic mass is 10.0. The highest BCUT2D eigenvalue weighted by atomic mass is 35.5. The summed E-state index contributed by atoms with van der Waals surface area (Å²) in [6.07, 6.45) is 4.96. The second-order valence-corrected chi connectivity index (χ2v) is 3.95. The Balaban J connectivity index is 0. The van der Waals surface area contributed by atoms with Crippen molar-refractivity contribution in [2.45, 2.75) is 32.7 Å². The van der Waals surface area contributed by atoms with E-state index < -0.39 is 0 Å². The number of nitrogens with one attached hydrogen (secondary N) is 2. The van der Waals surface area contributed by atoms with Gasteiger partial charge >= 0.3 is 0 Å². The molecule has 0 fully saturated rings. The van der Waals surface area contributed by atoms with Gasteiger partial charge in [0.05, 0.1) is 0 Å². The Morgan fingerprint density at radius 3 is 2.24 bits per heavy atom. The van der Waals surface area contributed by atoms with Crippen LogP contribution in [0.2, 0.25) is 0 Å². The molecule has 0 aliphatic rings.